The van der Waals surface area contributed by atoms with Crippen LogP contribution in [-0.4, -0.2) is 11.2 Å². The normalized spacial score (nSPS) is 31.8. The number of halogens is 1. The molecule has 94 valence electrons. The Balaban J connectivity index is 2.64. The van der Waals surface area contributed by atoms with Gasteiger partial charge in [0, 0.05) is 16.7 Å². The Morgan fingerprint density at radius 3 is 2.19 bits per heavy atom. The number of Topliss-reactive ketones (excluding diaryl/α,β-unsaturated/α-hetero) is 1. The zero-order valence-electron chi connectivity index (χ0n) is 11.2. The minimum atomic E-state index is -0.248. The molecule has 0 aliphatic heterocycles. The lowest BCUT2D eigenvalue weighted by atomic mass is 9.71. The maximum absolute atomic E-state index is 12.2. The van der Waals surface area contributed by atoms with Crippen molar-refractivity contribution in [3.05, 3.63) is 0 Å². The van der Waals surface area contributed by atoms with E-state index >= 15 is 0 Å². The molecule has 0 heterocycles. The topological polar surface area (TPSA) is 17.1 Å². The highest BCUT2D eigenvalue weighted by Crippen LogP contribution is 2.39. The van der Waals surface area contributed by atoms with Crippen LogP contribution in [0.2, 0.25) is 0 Å². The van der Waals surface area contributed by atoms with Gasteiger partial charge in [0.05, 0.1) is 0 Å². The van der Waals surface area contributed by atoms with E-state index < -0.39 is 0 Å². The maximum Gasteiger partial charge on any atom is 0.142 e. The van der Waals surface area contributed by atoms with Crippen molar-refractivity contribution >= 4 is 17.4 Å². The molecule has 16 heavy (non-hydrogen) atoms. The first kappa shape index (κ1) is 14.0. The van der Waals surface area contributed by atoms with E-state index in [1.165, 1.54) is 0 Å². The Labute approximate surface area is 105 Å². The summed E-state index contributed by atoms with van der Waals surface area (Å²) in [6, 6.07) is 0. The van der Waals surface area contributed by atoms with Gasteiger partial charge in [0.25, 0.3) is 0 Å². The number of ketones is 1. The van der Waals surface area contributed by atoms with Gasteiger partial charge in [0.1, 0.15) is 5.78 Å². The Bertz CT molecular complexity index is 252. The summed E-state index contributed by atoms with van der Waals surface area (Å²) in [6.45, 7) is 10.5. The summed E-state index contributed by atoms with van der Waals surface area (Å²) in [6.07, 6.45) is 3.15. The highest BCUT2D eigenvalue weighted by Gasteiger charge is 2.38. The van der Waals surface area contributed by atoms with Crippen LogP contribution in [0.15, 0.2) is 0 Å². The molecule has 0 amide bonds. The van der Waals surface area contributed by atoms with E-state index in [4.69, 9.17) is 11.6 Å². The zero-order chi connectivity index (χ0) is 12.5. The molecule has 1 fully saturated rings. The van der Waals surface area contributed by atoms with Crippen molar-refractivity contribution in [2.75, 3.05) is 0 Å². The zero-order valence-corrected chi connectivity index (χ0v) is 12.0. The van der Waals surface area contributed by atoms with Gasteiger partial charge in [-0.2, -0.15) is 0 Å². The minimum Gasteiger partial charge on any atom is -0.299 e. The number of carbonyl (C=O) groups excluding carboxylic acids is 1. The van der Waals surface area contributed by atoms with Crippen molar-refractivity contribution in [2.24, 2.45) is 23.2 Å². The average molecular weight is 245 g/mol. The second kappa shape index (κ2) is 5.08. The molecular weight excluding hydrogens is 220 g/mol. The van der Waals surface area contributed by atoms with Gasteiger partial charge in [-0.3, -0.25) is 4.79 Å². The monoisotopic (exact) mass is 244 g/mol. The lowest BCUT2D eigenvalue weighted by molar-refractivity contribution is -0.131. The summed E-state index contributed by atoms with van der Waals surface area (Å²) in [7, 11) is 0. The number of rotatable bonds is 2. The van der Waals surface area contributed by atoms with E-state index in [0.29, 0.717) is 17.6 Å². The SMILES string of the molecule is CC(C)C1CCC(C(=O)C(C)(C)C)C(Cl)C1. The fourth-order valence-electron chi connectivity index (χ4n) is 2.60. The molecule has 0 spiro atoms. The Morgan fingerprint density at radius 2 is 1.81 bits per heavy atom. The van der Waals surface area contributed by atoms with Crippen LogP contribution in [0.5, 0.6) is 0 Å². The lowest BCUT2D eigenvalue weighted by Gasteiger charge is -2.36. The lowest BCUT2D eigenvalue weighted by Crippen LogP contribution is -2.38. The van der Waals surface area contributed by atoms with Crippen LogP contribution < -0.4 is 0 Å². The Hall–Kier alpha value is -0.0400. The quantitative estimate of drug-likeness (QED) is 0.663. The summed E-state index contributed by atoms with van der Waals surface area (Å²) < 4.78 is 0. The summed E-state index contributed by atoms with van der Waals surface area (Å²) >= 11 is 6.40. The Morgan fingerprint density at radius 1 is 1.25 bits per heavy atom. The van der Waals surface area contributed by atoms with Crippen molar-refractivity contribution in [3.63, 3.8) is 0 Å². The smallest absolute Gasteiger partial charge is 0.142 e. The van der Waals surface area contributed by atoms with Crippen molar-refractivity contribution in [2.45, 2.75) is 59.3 Å². The average Bonchev–Trinajstić information content (AvgIpc) is 2.15. The molecule has 3 atom stereocenters. The predicted octanol–water partition coefficient (Wildman–Crippen LogP) is 4.28. The molecule has 3 unspecified atom stereocenters. The van der Waals surface area contributed by atoms with E-state index in [9.17, 15) is 4.79 Å². The van der Waals surface area contributed by atoms with Crippen molar-refractivity contribution < 1.29 is 4.79 Å². The van der Waals surface area contributed by atoms with Crippen LogP contribution in [0.4, 0.5) is 0 Å². The highest BCUT2D eigenvalue weighted by molar-refractivity contribution is 6.22. The number of hydrogen-bond donors (Lipinski definition) is 0. The van der Waals surface area contributed by atoms with Gasteiger partial charge in [-0.05, 0) is 31.1 Å². The third-order valence-electron chi connectivity index (χ3n) is 3.83. The van der Waals surface area contributed by atoms with Crippen LogP contribution in [0.1, 0.15) is 53.9 Å². The van der Waals surface area contributed by atoms with Gasteiger partial charge in [0.2, 0.25) is 0 Å². The molecule has 1 rings (SSSR count). The van der Waals surface area contributed by atoms with E-state index in [1.807, 2.05) is 20.8 Å². The fourth-order valence-corrected chi connectivity index (χ4v) is 3.07. The summed E-state index contributed by atoms with van der Waals surface area (Å²) in [5, 5.41) is 0.0490. The predicted molar refractivity (Wildman–Crippen MR) is 69.8 cm³/mol. The van der Waals surface area contributed by atoms with Crippen LogP contribution in [0.3, 0.4) is 0 Å². The van der Waals surface area contributed by atoms with E-state index in [0.717, 1.165) is 19.3 Å². The number of alkyl halides is 1. The molecule has 0 aromatic heterocycles. The maximum atomic E-state index is 12.2. The highest BCUT2D eigenvalue weighted by atomic mass is 35.5. The van der Waals surface area contributed by atoms with Crippen LogP contribution in [-0.2, 0) is 4.79 Å². The van der Waals surface area contributed by atoms with Crippen LogP contribution in [0.25, 0.3) is 0 Å². The summed E-state index contributed by atoms with van der Waals surface area (Å²) in [5.74, 6) is 1.81. The molecule has 1 aliphatic rings. The van der Waals surface area contributed by atoms with Gasteiger partial charge in [-0.1, -0.05) is 34.6 Å². The molecule has 1 aliphatic carbocycles. The van der Waals surface area contributed by atoms with Crippen LogP contribution >= 0.6 is 11.6 Å². The van der Waals surface area contributed by atoms with E-state index in [-0.39, 0.29) is 16.7 Å². The molecular formula is C14H25ClO. The van der Waals surface area contributed by atoms with Gasteiger partial charge in [-0.25, -0.2) is 0 Å². The molecule has 0 N–H and O–H groups in total. The number of hydrogen-bond acceptors (Lipinski definition) is 1. The molecule has 2 heteroatoms. The summed E-state index contributed by atoms with van der Waals surface area (Å²) in [4.78, 5) is 12.2. The molecule has 0 bridgehead atoms. The van der Waals surface area contributed by atoms with Gasteiger partial charge in [0.15, 0.2) is 0 Å². The second-order valence-electron chi connectivity index (χ2n) is 6.55. The van der Waals surface area contributed by atoms with E-state index in [2.05, 4.69) is 13.8 Å². The minimum absolute atomic E-state index is 0.0490. The molecule has 0 saturated heterocycles. The fraction of sp³-hybridized carbons (Fsp3) is 0.929. The van der Waals surface area contributed by atoms with Crippen LogP contribution in [0, 0.1) is 23.2 Å². The third-order valence-corrected chi connectivity index (χ3v) is 4.31. The molecule has 0 aromatic rings. The first-order valence-corrected chi connectivity index (χ1v) is 6.85. The summed E-state index contributed by atoms with van der Waals surface area (Å²) in [5.41, 5.74) is -0.248. The van der Waals surface area contributed by atoms with Crippen molar-refractivity contribution in [1.82, 2.24) is 0 Å². The third kappa shape index (κ3) is 3.23. The van der Waals surface area contributed by atoms with Gasteiger partial charge < -0.3 is 0 Å². The Kier molecular flexibility index (Phi) is 4.45. The van der Waals surface area contributed by atoms with Crippen molar-refractivity contribution in [3.8, 4) is 0 Å². The first-order valence-electron chi connectivity index (χ1n) is 6.42. The molecule has 0 radical (unpaired) electrons. The molecule has 1 saturated carbocycles. The van der Waals surface area contributed by atoms with Gasteiger partial charge in [-0.15, -0.1) is 11.6 Å². The number of carbonyl (C=O) groups is 1. The second-order valence-corrected chi connectivity index (χ2v) is 7.11. The molecule has 1 nitrogen and oxygen atoms in total. The van der Waals surface area contributed by atoms with E-state index in [1.54, 1.807) is 0 Å². The van der Waals surface area contributed by atoms with Crippen molar-refractivity contribution in [1.29, 1.82) is 0 Å². The molecule has 0 aromatic carbocycles. The van der Waals surface area contributed by atoms with Gasteiger partial charge >= 0.3 is 0 Å². The largest absolute Gasteiger partial charge is 0.299 e. The standard InChI is InChI=1S/C14H25ClO/c1-9(2)10-6-7-11(12(15)8-10)13(16)14(3,4)5/h9-12H,6-8H2,1-5H3. The first-order chi connectivity index (χ1) is 7.23.